The molecule has 27 heavy (non-hydrogen) atoms. The number of rotatable bonds is 6. The summed E-state index contributed by atoms with van der Waals surface area (Å²) >= 11 is 0. The van der Waals surface area contributed by atoms with Gasteiger partial charge in [-0.05, 0) is 54.3 Å². The van der Waals surface area contributed by atoms with Crippen molar-refractivity contribution < 1.29 is 29.0 Å². The minimum Gasteiger partial charge on any atom is -0.477 e. The van der Waals surface area contributed by atoms with Gasteiger partial charge >= 0.3 is 17.9 Å². The van der Waals surface area contributed by atoms with Crippen LogP contribution in [-0.4, -0.2) is 23.0 Å². The van der Waals surface area contributed by atoms with E-state index < -0.39 is 23.5 Å². The van der Waals surface area contributed by atoms with Gasteiger partial charge in [0, 0.05) is 6.92 Å². The van der Waals surface area contributed by atoms with Crippen LogP contribution in [-0.2, 0) is 25.7 Å². The van der Waals surface area contributed by atoms with Crippen LogP contribution in [0.25, 0.3) is 6.08 Å². The van der Waals surface area contributed by atoms with E-state index >= 15 is 0 Å². The molecule has 2 aromatic rings. The summed E-state index contributed by atoms with van der Waals surface area (Å²) in [6.45, 7) is 4.91. The molecule has 140 valence electrons. The lowest BCUT2D eigenvalue weighted by atomic mass is 10.0. The van der Waals surface area contributed by atoms with Crippen molar-refractivity contribution in [1.82, 2.24) is 0 Å². The fraction of sp³-hybridized carbons (Fsp3) is 0.190. The van der Waals surface area contributed by atoms with Gasteiger partial charge in [-0.2, -0.15) is 0 Å². The standard InChI is InChI=1S/C21H20O6/c1-13-8-9-16(12-26-15(3)22)10-17(13)11-18(20(23)24)21(25)27-19-7-5-4-6-14(19)2/h4-11H,12H2,1-3H3,(H,23,24)/b18-11+. The number of carboxylic acid groups (broad SMARTS) is 1. The van der Waals surface area contributed by atoms with Crippen molar-refractivity contribution in [2.75, 3.05) is 0 Å². The molecule has 0 bridgehead atoms. The summed E-state index contributed by atoms with van der Waals surface area (Å²) in [7, 11) is 0. The van der Waals surface area contributed by atoms with E-state index in [1.165, 1.54) is 13.0 Å². The number of carbonyl (C=O) groups is 3. The number of carboxylic acids is 1. The molecule has 0 amide bonds. The zero-order chi connectivity index (χ0) is 20.0. The molecule has 0 atom stereocenters. The Kier molecular flexibility index (Phi) is 6.49. The summed E-state index contributed by atoms with van der Waals surface area (Å²) in [4.78, 5) is 34.9. The highest BCUT2D eigenvalue weighted by atomic mass is 16.5. The van der Waals surface area contributed by atoms with E-state index in [4.69, 9.17) is 9.47 Å². The van der Waals surface area contributed by atoms with Crippen LogP contribution in [0.15, 0.2) is 48.0 Å². The highest BCUT2D eigenvalue weighted by Gasteiger charge is 2.21. The first-order valence-electron chi connectivity index (χ1n) is 8.23. The first-order valence-corrected chi connectivity index (χ1v) is 8.23. The third-order valence-electron chi connectivity index (χ3n) is 3.83. The van der Waals surface area contributed by atoms with Gasteiger partial charge in [0.25, 0.3) is 0 Å². The van der Waals surface area contributed by atoms with Crippen molar-refractivity contribution in [1.29, 1.82) is 0 Å². The summed E-state index contributed by atoms with van der Waals surface area (Å²) in [6.07, 6.45) is 1.26. The maximum atomic E-state index is 12.4. The highest BCUT2D eigenvalue weighted by Crippen LogP contribution is 2.20. The summed E-state index contributed by atoms with van der Waals surface area (Å²) in [5.74, 6) is -2.46. The zero-order valence-corrected chi connectivity index (χ0v) is 15.3. The van der Waals surface area contributed by atoms with Crippen LogP contribution in [0.1, 0.15) is 29.2 Å². The third-order valence-corrected chi connectivity index (χ3v) is 3.83. The molecule has 0 unspecified atom stereocenters. The Bertz CT molecular complexity index is 911. The Morgan fingerprint density at radius 1 is 1.04 bits per heavy atom. The number of ether oxygens (including phenoxy) is 2. The van der Waals surface area contributed by atoms with Crippen LogP contribution in [0.3, 0.4) is 0 Å². The normalized spacial score (nSPS) is 11.0. The molecule has 0 radical (unpaired) electrons. The number of benzene rings is 2. The largest absolute Gasteiger partial charge is 0.477 e. The molecule has 0 aliphatic carbocycles. The Morgan fingerprint density at radius 2 is 1.74 bits per heavy atom. The minimum absolute atomic E-state index is 0.0620. The van der Waals surface area contributed by atoms with E-state index in [0.717, 1.165) is 11.1 Å². The van der Waals surface area contributed by atoms with E-state index in [1.54, 1.807) is 56.3 Å². The lowest BCUT2D eigenvalue weighted by molar-refractivity contribution is -0.142. The van der Waals surface area contributed by atoms with Crippen LogP contribution in [0.5, 0.6) is 5.75 Å². The molecule has 1 N–H and O–H groups in total. The van der Waals surface area contributed by atoms with Crippen LogP contribution < -0.4 is 4.74 Å². The van der Waals surface area contributed by atoms with Gasteiger partial charge in [-0.25, -0.2) is 9.59 Å². The van der Waals surface area contributed by atoms with E-state index in [9.17, 15) is 19.5 Å². The van der Waals surface area contributed by atoms with E-state index in [2.05, 4.69) is 0 Å². The third kappa shape index (κ3) is 5.54. The second-order valence-corrected chi connectivity index (χ2v) is 5.99. The molecular formula is C21H20O6. The first-order chi connectivity index (χ1) is 12.8. The number of para-hydroxylation sites is 1. The van der Waals surface area contributed by atoms with Crippen molar-refractivity contribution >= 4 is 24.0 Å². The maximum Gasteiger partial charge on any atom is 0.350 e. The first kappa shape index (κ1) is 19.9. The van der Waals surface area contributed by atoms with Crippen molar-refractivity contribution in [3.05, 3.63) is 70.3 Å². The minimum atomic E-state index is -1.39. The summed E-state index contributed by atoms with van der Waals surface area (Å²) in [5.41, 5.74) is 2.20. The molecule has 0 aliphatic heterocycles. The number of aliphatic carboxylic acids is 1. The molecule has 0 spiro atoms. The molecule has 0 fully saturated rings. The number of esters is 2. The van der Waals surface area contributed by atoms with Gasteiger partial charge < -0.3 is 14.6 Å². The second kappa shape index (κ2) is 8.80. The van der Waals surface area contributed by atoms with Crippen molar-refractivity contribution in [2.24, 2.45) is 0 Å². The van der Waals surface area contributed by atoms with Gasteiger partial charge in [-0.15, -0.1) is 0 Å². The number of carbonyl (C=O) groups excluding carboxylic acids is 2. The Morgan fingerprint density at radius 3 is 2.37 bits per heavy atom. The average molecular weight is 368 g/mol. The van der Waals surface area contributed by atoms with E-state index in [1.807, 2.05) is 0 Å². The summed E-state index contributed by atoms with van der Waals surface area (Å²) in [6, 6.07) is 12.0. The number of aryl methyl sites for hydroxylation is 2. The van der Waals surface area contributed by atoms with Crippen molar-refractivity contribution in [3.63, 3.8) is 0 Å². The topological polar surface area (TPSA) is 89.9 Å². The van der Waals surface area contributed by atoms with Gasteiger partial charge in [0.15, 0.2) is 0 Å². The van der Waals surface area contributed by atoms with Crippen LogP contribution in [0.4, 0.5) is 0 Å². The highest BCUT2D eigenvalue weighted by molar-refractivity contribution is 6.17. The molecule has 2 rings (SSSR count). The number of hydrogen-bond acceptors (Lipinski definition) is 5. The van der Waals surface area contributed by atoms with Crippen molar-refractivity contribution in [3.8, 4) is 5.75 Å². The molecule has 0 heterocycles. The predicted molar refractivity (Wildman–Crippen MR) is 99.1 cm³/mol. The van der Waals surface area contributed by atoms with Gasteiger partial charge in [0.05, 0.1) is 0 Å². The maximum absolute atomic E-state index is 12.4. The average Bonchev–Trinajstić information content (AvgIpc) is 2.61. The molecule has 6 nitrogen and oxygen atoms in total. The Labute approximate surface area is 157 Å². The molecule has 2 aromatic carbocycles. The van der Waals surface area contributed by atoms with Gasteiger partial charge in [0.2, 0.25) is 0 Å². The predicted octanol–water partition coefficient (Wildman–Crippen LogP) is 3.44. The SMILES string of the molecule is CC(=O)OCc1ccc(C)c(/C=C(\C(=O)O)C(=O)Oc2ccccc2C)c1. The quantitative estimate of drug-likeness (QED) is 0.276. The molecule has 0 saturated heterocycles. The smallest absolute Gasteiger partial charge is 0.350 e. The monoisotopic (exact) mass is 368 g/mol. The molecule has 0 saturated carbocycles. The molecule has 6 heteroatoms. The molecule has 0 aliphatic rings. The number of hydrogen-bond donors (Lipinski definition) is 1. The van der Waals surface area contributed by atoms with Crippen LogP contribution >= 0.6 is 0 Å². The zero-order valence-electron chi connectivity index (χ0n) is 15.3. The summed E-state index contributed by atoms with van der Waals surface area (Å²) in [5, 5.41) is 9.45. The van der Waals surface area contributed by atoms with Gasteiger partial charge in [-0.1, -0.05) is 30.3 Å². The molecule has 0 aromatic heterocycles. The Balaban J connectivity index is 2.32. The summed E-state index contributed by atoms with van der Waals surface area (Å²) < 4.78 is 10.2. The Hall–Kier alpha value is -3.41. The van der Waals surface area contributed by atoms with Crippen molar-refractivity contribution in [2.45, 2.75) is 27.4 Å². The van der Waals surface area contributed by atoms with E-state index in [0.29, 0.717) is 16.9 Å². The lowest BCUT2D eigenvalue weighted by Crippen LogP contribution is -2.18. The fourth-order valence-electron chi connectivity index (χ4n) is 2.31. The second-order valence-electron chi connectivity index (χ2n) is 5.99. The van der Waals surface area contributed by atoms with Gasteiger partial charge in [0.1, 0.15) is 17.9 Å². The van der Waals surface area contributed by atoms with Gasteiger partial charge in [-0.3, -0.25) is 4.79 Å². The molecular weight excluding hydrogens is 348 g/mol. The van der Waals surface area contributed by atoms with Crippen LogP contribution in [0, 0.1) is 13.8 Å². The van der Waals surface area contributed by atoms with Crippen LogP contribution in [0.2, 0.25) is 0 Å². The lowest BCUT2D eigenvalue weighted by Gasteiger charge is -2.09. The fourth-order valence-corrected chi connectivity index (χ4v) is 2.31. The van der Waals surface area contributed by atoms with E-state index in [-0.39, 0.29) is 6.61 Å².